The van der Waals surface area contributed by atoms with Gasteiger partial charge >= 0.3 is 0 Å². The maximum absolute atomic E-state index is 12.2. The minimum atomic E-state index is -2.62. The smallest absolute Gasteiger partial charge is 0.261 e. The van der Waals surface area contributed by atoms with Gasteiger partial charge in [-0.15, -0.1) is 23.5 Å². The van der Waals surface area contributed by atoms with Crippen LogP contribution in [0.2, 0.25) is 42.8 Å². The lowest BCUT2D eigenvalue weighted by atomic mass is 9.86. The zero-order valence-corrected chi connectivity index (χ0v) is 43.5. The number of aliphatic hydroxyl groups excluding tert-OH is 1. The Labute approximate surface area is 362 Å². The van der Waals surface area contributed by atoms with Crippen LogP contribution in [0.3, 0.4) is 0 Å². The van der Waals surface area contributed by atoms with E-state index in [4.69, 9.17) is 18.0 Å². The highest BCUT2D eigenvalue weighted by atomic mass is 32.2. The molecule has 0 spiro atoms. The van der Waals surface area contributed by atoms with Crippen LogP contribution in [0.1, 0.15) is 94.9 Å². The van der Waals surface area contributed by atoms with Crippen LogP contribution in [-0.4, -0.2) is 84.3 Å². The average molecular weight is 876 g/mol. The molecule has 2 aromatic rings. The van der Waals surface area contributed by atoms with E-state index in [1.807, 2.05) is 23.5 Å². The molecule has 0 amide bonds. The highest BCUT2D eigenvalue weighted by molar-refractivity contribution is 8.18. The normalized spacial score (nSPS) is 19.0. The Kier molecular flexibility index (Phi) is 18.6. The van der Waals surface area contributed by atoms with E-state index in [1.54, 1.807) is 7.11 Å². The molecule has 57 heavy (non-hydrogen) atoms. The number of thioether (sulfide) groups is 2. The number of aliphatic hydroxyl groups is 1. The van der Waals surface area contributed by atoms with Crippen molar-refractivity contribution in [3.8, 4) is 0 Å². The van der Waals surface area contributed by atoms with Crippen molar-refractivity contribution in [1.82, 2.24) is 0 Å². The first-order chi connectivity index (χ1) is 26.3. The van der Waals surface area contributed by atoms with Crippen molar-refractivity contribution in [2.45, 2.75) is 160 Å². The molecule has 5 atom stereocenters. The molecule has 2 aromatic carbocycles. The monoisotopic (exact) mass is 874 g/mol. The maximum Gasteiger partial charge on any atom is 0.261 e. The van der Waals surface area contributed by atoms with E-state index in [0.29, 0.717) is 19.6 Å². The summed E-state index contributed by atoms with van der Waals surface area (Å²) >= 11 is 4.08. The van der Waals surface area contributed by atoms with Gasteiger partial charge in [-0.25, -0.2) is 0 Å². The molecule has 0 aromatic heterocycles. The summed E-state index contributed by atoms with van der Waals surface area (Å²) in [4.78, 5) is 0. The molecule has 10 heteroatoms. The fourth-order valence-corrected chi connectivity index (χ4v) is 18.2. The van der Waals surface area contributed by atoms with Crippen LogP contribution in [-0.2, 0) is 18.0 Å². The van der Waals surface area contributed by atoms with Crippen LogP contribution in [0.4, 0.5) is 0 Å². The second-order valence-electron chi connectivity index (χ2n) is 20.8. The highest BCUT2D eigenvalue weighted by Crippen LogP contribution is 2.53. The molecule has 5 nitrogen and oxygen atoms in total. The number of hydrogen-bond acceptors (Lipinski definition) is 7. The molecule has 1 N–H and O–H groups in total. The number of rotatable bonds is 21. The fourth-order valence-electron chi connectivity index (χ4n) is 7.70. The fraction of sp³-hybridized carbons (Fsp3) is 0.702. The Morgan fingerprint density at radius 2 is 1.32 bits per heavy atom. The minimum Gasteiger partial charge on any atom is -0.416 e. The van der Waals surface area contributed by atoms with Crippen LogP contribution in [0.5, 0.6) is 0 Å². The second kappa shape index (κ2) is 20.9. The summed E-state index contributed by atoms with van der Waals surface area (Å²) in [7, 11) is -4.60. The molecule has 0 radical (unpaired) electrons. The molecule has 0 bridgehead atoms. The Balaban J connectivity index is 1.79. The van der Waals surface area contributed by atoms with E-state index in [2.05, 4.69) is 175 Å². The predicted octanol–water partition coefficient (Wildman–Crippen LogP) is 11.8. The number of benzene rings is 2. The summed E-state index contributed by atoms with van der Waals surface area (Å²) in [5, 5.41) is 14.9. The number of ether oxygens (including phenoxy) is 1. The predicted molar refractivity (Wildman–Crippen MR) is 259 cm³/mol. The van der Waals surface area contributed by atoms with E-state index in [9.17, 15) is 5.11 Å². The van der Waals surface area contributed by atoms with Gasteiger partial charge in [0, 0.05) is 37.6 Å². The topological polar surface area (TPSA) is 57.2 Å². The third-order valence-electron chi connectivity index (χ3n) is 12.4. The van der Waals surface area contributed by atoms with Gasteiger partial charge in [-0.1, -0.05) is 142 Å². The SMILES string of the molecule is CO[C@H](CCCO[Si](c1ccccc1)(c1ccccc1)C(C)(C)C)[C@H](C)[C@@H](O)CC1([C@H](C)[C@H](/C=C/C(C)(C)CO[Si](C)(C)C(C)(C)C)O[Si](C)(C)C)SCCCS1. The Morgan fingerprint density at radius 3 is 1.77 bits per heavy atom. The Morgan fingerprint density at radius 1 is 0.789 bits per heavy atom. The van der Waals surface area contributed by atoms with E-state index in [0.717, 1.165) is 24.3 Å². The van der Waals surface area contributed by atoms with Crippen molar-refractivity contribution < 1.29 is 23.1 Å². The number of methoxy groups -OCH3 is 1. The van der Waals surface area contributed by atoms with Crippen molar-refractivity contribution in [2.75, 3.05) is 31.8 Å². The van der Waals surface area contributed by atoms with Gasteiger partial charge in [0.1, 0.15) is 0 Å². The first-order valence-electron chi connectivity index (χ1n) is 21.6. The van der Waals surface area contributed by atoms with Gasteiger partial charge < -0.3 is 23.1 Å². The van der Waals surface area contributed by atoms with Crippen molar-refractivity contribution in [1.29, 1.82) is 0 Å². The van der Waals surface area contributed by atoms with E-state index in [-0.39, 0.29) is 43.6 Å². The quantitative estimate of drug-likeness (QED) is 0.0762. The Bertz CT molecular complexity index is 1460. The van der Waals surface area contributed by atoms with Gasteiger partial charge in [-0.2, -0.15) is 0 Å². The largest absolute Gasteiger partial charge is 0.416 e. The Hall–Kier alpha value is -0.669. The van der Waals surface area contributed by atoms with Crippen molar-refractivity contribution in [2.24, 2.45) is 17.3 Å². The third kappa shape index (κ3) is 13.9. The molecule has 1 saturated heterocycles. The molecular formula is C47H82O5S2Si3. The van der Waals surface area contributed by atoms with Gasteiger partial charge in [-0.3, -0.25) is 0 Å². The van der Waals surface area contributed by atoms with Crippen LogP contribution in [0, 0.1) is 17.3 Å². The molecule has 324 valence electrons. The van der Waals surface area contributed by atoms with Crippen LogP contribution in [0.25, 0.3) is 0 Å². The average Bonchev–Trinajstić information content (AvgIpc) is 3.13. The summed E-state index contributed by atoms with van der Waals surface area (Å²) < 4.78 is 27.0. The zero-order valence-electron chi connectivity index (χ0n) is 38.9. The maximum atomic E-state index is 12.2. The van der Waals surface area contributed by atoms with Crippen molar-refractivity contribution in [3.05, 3.63) is 72.8 Å². The summed E-state index contributed by atoms with van der Waals surface area (Å²) in [5.74, 6) is 2.35. The van der Waals surface area contributed by atoms with Gasteiger partial charge in [-0.05, 0) is 90.4 Å². The van der Waals surface area contributed by atoms with Crippen LogP contribution in [0.15, 0.2) is 72.8 Å². The molecule has 1 aliphatic heterocycles. The molecule has 0 unspecified atom stereocenters. The lowest BCUT2D eigenvalue weighted by Crippen LogP contribution is -2.66. The van der Waals surface area contributed by atoms with Gasteiger partial charge in [0.25, 0.3) is 8.32 Å². The van der Waals surface area contributed by atoms with Crippen LogP contribution >= 0.6 is 23.5 Å². The summed E-state index contributed by atoms with van der Waals surface area (Å²) in [5.41, 5.74) is -0.128. The van der Waals surface area contributed by atoms with E-state index >= 15 is 0 Å². The summed E-state index contributed by atoms with van der Waals surface area (Å²) in [6.45, 7) is 35.9. The van der Waals surface area contributed by atoms with Gasteiger partial charge in [0.2, 0.25) is 0 Å². The zero-order chi connectivity index (χ0) is 42.9. The molecule has 1 heterocycles. The molecule has 0 aliphatic carbocycles. The van der Waals surface area contributed by atoms with Crippen molar-refractivity contribution >= 4 is 58.8 Å². The van der Waals surface area contributed by atoms with Gasteiger partial charge in [0.05, 0.1) is 22.4 Å². The molecule has 0 saturated carbocycles. The lowest BCUT2D eigenvalue weighted by Gasteiger charge is -2.46. The van der Waals surface area contributed by atoms with E-state index < -0.39 is 31.1 Å². The summed E-state index contributed by atoms with van der Waals surface area (Å²) in [6, 6.07) is 21.7. The first-order valence-corrected chi connectivity index (χ1v) is 31.8. The molecule has 1 aliphatic rings. The van der Waals surface area contributed by atoms with E-state index in [1.165, 1.54) is 16.8 Å². The third-order valence-corrected chi connectivity index (χ3v) is 26.6. The summed E-state index contributed by atoms with van der Waals surface area (Å²) in [6.07, 6.45) is 7.61. The molecule has 3 rings (SSSR count). The first kappa shape index (κ1) is 50.7. The molecular weight excluding hydrogens is 793 g/mol. The van der Waals surface area contributed by atoms with Crippen LogP contribution < -0.4 is 10.4 Å². The minimum absolute atomic E-state index is 0.0339. The van der Waals surface area contributed by atoms with Crippen molar-refractivity contribution in [3.63, 3.8) is 0 Å². The second-order valence-corrected chi connectivity index (χ2v) is 37.5. The number of hydrogen-bond donors (Lipinski definition) is 1. The molecule has 1 fully saturated rings. The lowest BCUT2D eigenvalue weighted by molar-refractivity contribution is -0.0186. The standard InChI is InChI=1S/C47H82O5S2Si3/c1-37(42(49-11)29-23-32-50-57(45(6,7)8,39-25-19-17-20-26-39)40-27-21-18-22-28-40)41(48)35-47(53-33-24-34-54-47)38(2)43(52-55(12,13)14)30-31-46(9,10)36-51-56(15,16)44(3,4)5/h17-22,25-28,30-31,37-38,41-43,48H,23-24,29,32-36H2,1-16H3/b31-30+/t37-,38-,41+,42-,43+/m1/s1. The highest BCUT2D eigenvalue weighted by Gasteiger charge is 2.50. The van der Waals surface area contributed by atoms with Gasteiger partial charge in [0.15, 0.2) is 16.6 Å².